The van der Waals surface area contributed by atoms with Crippen LogP contribution in [-0.2, 0) is 13.1 Å². The quantitative estimate of drug-likeness (QED) is 0.753. The summed E-state index contributed by atoms with van der Waals surface area (Å²) in [5.74, 6) is 1.15. The van der Waals surface area contributed by atoms with Gasteiger partial charge in [0.05, 0.1) is 28.2 Å². The van der Waals surface area contributed by atoms with Crippen LogP contribution in [-0.4, -0.2) is 15.5 Å². The molecule has 0 saturated heterocycles. The van der Waals surface area contributed by atoms with Crippen molar-refractivity contribution >= 4 is 28.5 Å². The molecule has 0 saturated carbocycles. The summed E-state index contributed by atoms with van der Waals surface area (Å²) in [6.45, 7) is 5.56. The van der Waals surface area contributed by atoms with Gasteiger partial charge in [-0.2, -0.15) is 0 Å². The summed E-state index contributed by atoms with van der Waals surface area (Å²) in [4.78, 5) is 17.0. The molecule has 1 aromatic heterocycles. The van der Waals surface area contributed by atoms with Crippen molar-refractivity contribution < 1.29 is 4.79 Å². The summed E-state index contributed by atoms with van der Waals surface area (Å²) < 4.78 is 2.17. The molecule has 124 valence electrons. The highest BCUT2D eigenvalue weighted by atomic mass is 35.5. The predicted octanol–water partition coefficient (Wildman–Crippen LogP) is 4.28. The molecule has 0 aliphatic carbocycles. The smallest absolute Gasteiger partial charge is 0.253 e. The van der Waals surface area contributed by atoms with Crippen molar-refractivity contribution in [2.75, 3.05) is 0 Å². The Morgan fingerprint density at radius 3 is 2.62 bits per heavy atom. The van der Waals surface area contributed by atoms with E-state index >= 15 is 0 Å². The first-order valence-electron chi connectivity index (χ1n) is 8.03. The Morgan fingerprint density at radius 2 is 1.88 bits per heavy atom. The van der Waals surface area contributed by atoms with E-state index in [4.69, 9.17) is 11.6 Å². The predicted molar refractivity (Wildman–Crippen MR) is 97.2 cm³/mol. The Hall–Kier alpha value is -2.33. The van der Waals surface area contributed by atoms with Gasteiger partial charge in [0.2, 0.25) is 0 Å². The van der Waals surface area contributed by atoms with Crippen LogP contribution in [0, 0.1) is 5.92 Å². The number of nitrogens with zero attached hydrogens (tertiary/aromatic N) is 2. The van der Waals surface area contributed by atoms with Crippen LogP contribution in [0.4, 0.5) is 0 Å². The lowest BCUT2D eigenvalue weighted by Gasteiger charge is -2.12. The van der Waals surface area contributed by atoms with E-state index in [1.165, 1.54) is 0 Å². The standard InChI is InChI=1S/C19H20ClN3O/c1-13(2)12-23-17-10-6-5-9-16(17)22-18(23)11-21-19(24)14-7-3-4-8-15(14)20/h3-10,13H,11-12H2,1-2H3,(H,21,24). The fraction of sp³-hybridized carbons (Fsp3) is 0.263. The van der Waals surface area contributed by atoms with Crippen LogP contribution in [0.5, 0.6) is 0 Å². The molecule has 1 amide bonds. The minimum atomic E-state index is -0.191. The zero-order valence-electron chi connectivity index (χ0n) is 13.8. The van der Waals surface area contributed by atoms with Gasteiger partial charge in [0.15, 0.2) is 0 Å². The molecule has 0 bridgehead atoms. The molecule has 2 aromatic carbocycles. The number of aromatic nitrogens is 2. The topological polar surface area (TPSA) is 46.9 Å². The summed E-state index contributed by atoms with van der Waals surface area (Å²) in [6.07, 6.45) is 0. The second-order valence-electron chi connectivity index (χ2n) is 6.18. The minimum Gasteiger partial charge on any atom is -0.345 e. The van der Waals surface area contributed by atoms with Gasteiger partial charge in [-0.3, -0.25) is 4.79 Å². The molecule has 5 heteroatoms. The van der Waals surface area contributed by atoms with E-state index in [1.54, 1.807) is 24.3 Å². The Bertz CT molecular complexity index is 870. The summed E-state index contributed by atoms with van der Waals surface area (Å²) >= 11 is 6.08. The van der Waals surface area contributed by atoms with E-state index in [1.807, 2.05) is 18.2 Å². The molecule has 1 N–H and O–H groups in total. The molecule has 0 radical (unpaired) electrons. The molecule has 3 aromatic rings. The number of benzene rings is 2. The normalized spacial score (nSPS) is 11.2. The van der Waals surface area contributed by atoms with Gasteiger partial charge in [-0.25, -0.2) is 4.98 Å². The molecule has 0 fully saturated rings. The lowest BCUT2D eigenvalue weighted by atomic mass is 10.2. The Morgan fingerprint density at radius 1 is 1.17 bits per heavy atom. The van der Waals surface area contributed by atoms with Crippen molar-refractivity contribution in [3.63, 3.8) is 0 Å². The highest BCUT2D eigenvalue weighted by Gasteiger charge is 2.14. The van der Waals surface area contributed by atoms with Gasteiger partial charge in [0.1, 0.15) is 5.82 Å². The molecule has 3 rings (SSSR count). The maximum absolute atomic E-state index is 12.4. The number of rotatable bonds is 5. The first-order chi connectivity index (χ1) is 11.6. The van der Waals surface area contributed by atoms with Crippen molar-refractivity contribution in [2.24, 2.45) is 5.92 Å². The van der Waals surface area contributed by atoms with Gasteiger partial charge in [0, 0.05) is 6.54 Å². The van der Waals surface area contributed by atoms with E-state index in [0.29, 0.717) is 23.0 Å². The molecule has 1 heterocycles. The molecule has 4 nitrogen and oxygen atoms in total. The highest BCUT2D eigenvalue weighted by molar-refractivity contribution is 6.33. The fourth-order valence-corrected chi connectivity index (χ4v) is 2.95. The third kappa shape index (κ3) is 3.44. The average Bonchev–Trinajstić information content (AvgIpc) is 2.90. The largest absolute Gasteiger partial charge is 0.345 e. The lowest BCUT2D eigenvalue weighted by Crippen LogP contribution is -2.25. The van der Waals surface area contributed by atoms with E-state index in [0.717, 1.165) is 23.4 Å². The summed E-state index contributed by atoms with van der Waals surface area (Å²) in [5.41, 5.74) is 2.51. The second-order valence-corrected chi connectivity index (χ2v) is 6.59. The third-order valence-electron chi connectivity index (χ3n) is 3.81. The number of fused-ring (bicyclic) bond motifs is 1. The SMILES string of the molecule is CC(C)Cn1c(CNC(=O)c2ccccc2Cl)nc2ccccc21. The van der Waals surface area contributed by atoms with Gasteiger partial charge in [0.25, 0.3) is 5.91 Å². The van der Waals surface area contributed by atoms with Gasteiger partial charge in [-0.15, -0.1) is 0 Å². The third-order valence-corrected chi connectivity index (χ3v) is 4.14. The van der Waals surface area contributed by atoms with Crippen LogP contribution < -0.4 is 5.32 Å². The summed E-state index contributed by atoms with van der Waals surface area (Å²) in [6, 6.07) is 15.1. The average molecular weight is 342 g/mol. The first-order valence-corrected chi connectivity index (χ1v) is 8.41. The molecule has 0 spiro atoms. The molecule has 0 unspecified atom stereocenters. The Kier molecular flexibility index (Phi) is 4.86. The summed E-state index contributed by atoms with van der Waals surface area (Å²) in [7, 11) is 0. The lowest BCUT2D eigenvalue weighted by molar-refractivity contribution is 0.0949. The maximum Gasteiger partial charge on any atom is 0.253 e. The van der Waals surface area contributed by atoms with Crippen LogP contribution >= 0.6 is 11.6 Å². The number of carbonyl (C=O) groups excluding carboxylic acids is 1. The van der Waals surface area contributed by atoms with Crippen molar-refractivity contribution in [1.82, 2.24) is 14.9 Å². The van der Waals surface area contributed by atoms with E-state index in [9.17, 15) is 4.79 Å². The number of para-hydroxylation sites is 2. The van der Waals surface area contributed by atoms with Gasteiger partial charge >= 0.3 is 0 Å². The van der Waals surface area contributed by atoms with Crippen molar-refractivity contribution in [3.05, 3.63) is 64.9 Å². The zero-order chi connectivity index (χ0) is 17.1. The van der Waals surface area contributed by atoms with Crippen LogP contribution in [0.3, 0.4) is 0 Å². The number of halogens is 1. The second kappa shape index (κ2) is 7.05. The van der Waals surface area contributed by atoms with E-state index < -0.39 is 0 Å². The van der Waals surface area contributed by atoms with Gasteiger partial charge in [-0.05, 0) is 30.2 Å². The van der Waals surface area contributed by atoms with Crippen LogP contribution in [0.15, 0.2) is 48.5 Å². The van der Waals surface area contributed by atoms with Crippen LogP contribution in [0.2, 0.25) is 5.02 Å². The first kappa shape index (κ1) is 16.5. The molecular formula is C19H20ClN3O. The Labute approximate surface area is 146 Å². The fourth-order valence-electron chi connectivity index (χ4n) is 2.73. The van der Waals surface area contributed by atoms with Crippen molar-refractivity contribution in [1.29, 1.82) is 0 Å². The molecule has 0 aliphatic heterocycles. The molecule has 0 atom stereocenters. The number of imidazole rings is 1. The molecule has 24 heavy (non-hydrogen) atoms. The van der Waals surface area contributed by atoms with Gasteiger partial charge < -0.3 is 9.88 Å². The van der Waals surface area contributed by atoms with E-state index in [2.05, 4.69) is 34.8 Å². The van der Waals surface area contributed by atoms with Gasteiger partial charge in [-0.1, -0.05) is 49.7 Å². The van der Waals surface area contributed by atoms with Crippen LogP contribution in [0.1, 0.15) is 30.0 Å². The number of nitrogens with one attached hydrogen (secondary N) is 1. The highest BCUT2D eigenvalue weighted by Crippen LogP contribution is 2.19. The summed E-state index contributed by atoms with van der Waals surface area (Å²) in [5, 5.41) is 3.37. The maximum atomic E-state index is 12.4. The number of hydrogen-bond acceptors (Lipinski definition) is 2. The number of amides is 1. The monoisotopic (exact) mass is 341 g/mol. The van der Waals surface area contributed by atoms with Crippen molar-refractivity contribution in [2.45, 2.75) is 26.9 Å². The zero-order valence-corrected chi connectivity index (χ0v) is 14.5. The molecular weight excluding hydrogens is 322 g/mol. The number of carbonyl (C=O) groups is 1. The number of hydrogen-bond donors (Lipinski definition) is 1. The Balaban J connectivity index is 1.84. The van der Waals surface area contributed by atoms with Crippen molar-refractivity contribution in [3.8, 4) is 0 Å². The van der Waals surface area contributed by atoms with Crippen LogP contribution in [0.25, 0.3) is 11.0 Å². The van der Waals surface area contributed by atoms with E-state index in [-0.39, 0.29) is 5.91 Å². The molecule has 0 aliphatic rings. The minimum absolute atomic E-state index is 0.191.